The molecule has 144 valence electrons. The third kappa shape index (κ3) is 4.21. The van der Waals surface area contributed by atoms with Crippen LogP contribution in [0.25, 0.3) is 0 Å². The summed E-state index contributed by atoms with van der Waals surface area (Å²) in [6.07, 6.45) is 0.473. The first-order chi connectivity index (χ1) is 12.3. The third-order valence-corrected chi connectivity index (χ3v) is 7.78. The summed E-state index contributed by atoms with van der Waals surface area (Å²) in [5.74, 6) is -1.39. The van der Waals surface area contributed by atoms with Crippen molar-refractivity contribution in [2.24, 2.45) is 5.41 Å². The zero-order valence-corrected chi connectivity index (χ0v) is 16.8. The van der Waals surface area contributed by atoms with Crippen LogP contribution in [0.4, 0.5) is 5.69 Å². The summed E-state index contributed by atoms with van der Waals surface area (Å²) in [5.41, 5.74) is -0.184. The Morgan fingerprint density at radius 3 is 2.23 bits per heavy atom. The van der Waals surface area contributed by atoms with Gasteiger partial charge in [0.1, 0.15) is 0 Å². The quantitative estimate of drug-likeness (QED) is 0.741. The molecule has 1 N–H and O–H groups in total. The summed E-state index contributed by atoms with van der Waals surface area (Å²) in [4.78, 5) is 13.9. The molecule has 0 aromatic heterocycles. The minimum Gasteiger partial charge on any atom is -0.481 e. The summed E-state index contributed by atoms with van der Waals surface area (Å²) in [7, 11) is -3.64. The number of rotatable bonds is 5. The average molecular weight is 447 g/mol. The number of hydrogen-bond donors (Lipinski definition) is 1. The molecule has 7 nitrogen and oxygen atoms in total. The number of carboxylic acids is 1. The number of benzene rings is 1. The van der Waals surface area contributed by atoms with E-state index < -0.39 is 21.4 Å². The molecule has 0 amide bonds. The van der Waals surface area contributed by atoms with Gasteiger partial charge in [-0.2, -0.15) is 4.31 Å². The Hall–Kier alpha value is -1.16. The number of carboxylic acid groups (broad SMARTS) is 1. The fourth-order valence-electron chi connectivity index (χ4n) is 3.50. The molecule has 2 aliphatic heterocycles. The number of aliphatic carboxylic acids is 1. The van der Waals surface area contributed by atoms with Gasteiger partial charge >= 0.3 is 5.97 Å². The number of ether oxygens (including phenoxy) is 1. The van der Waals surface area contributed by atoms with Crippen LogP contribution in [0.1, 0.15) is 12.8 Å². The zero-order valence-electron chi connectivity index (χ0n) is 14.4. The largest absolute Gasteiger partial charge is 0.481 e. The predicted octanol–water partition coefficient (Wildman–Crippen LogP) is 1.78. The molecule has 26 heavy (non-hydrogen) atoms. The molecule has 3 rings (SSSR count). The van der Waals surface area contributed by atoms with Crippen LogP contribution >= 0.6 is 15.9 Å². The first-order valence-corrected chi connectivity index (χ1v) is 11.0. The molecule has 1 aromatic rings. The first-order valence-electron chi connectivity index (χ1n) is 8.62. The van der Waals surface area contributed by atoms with E-state index in [9.17, 15) is 18.3 Å². The third-order valence-electron chi connectivity index (χ3n) is 5.19. The van der Waals surface area contributed by atoms with Crippen molar-refractivity contribution < 1.29 is 23.1 Å². The van der Waals surface area contributed by atoms with Crippen LogP contribution in [0.3, 0.4) is 0 Å². The first kappa shape index (κ1) is 19.6. The number of hydrogen-bond acceptors (Lipinski definition) is 5. The molecule has 0 radical (unpaired) electrons. The number of carbonyl (C=O) groups is 1. The molecule has 0 aliphatic carbocycles. The van der Waals surface area contributed by atoms with Gasteiger partial charge in [-0.3, -0.25) is 4.79 Å². The lowest BCUT2D eigenvalue weighted by Gasteiger charge is -2.38. The number of anilines is 1. The van der Waals surface area contributed by atoms with Crippen molar-refractivity contribution in [3.63, 3.8) is 0 Å². The van der Waals surface area contributed by atoms with Gasteiger partial charge in [0.05, 0.1) is 11.2 Å². The maximum atomic E-state index is 12.8. The normalized spacial score (nSPS) is 21.5. The minimum absolute atomic E-state index is 0.237. The van der Waals surface area contributed by atoms with Gasteiger partial charge in [0, 0.05) is 49.6 Å². The highest BCUT2D eigenvalue weighted by Crippen LogP contribution is 2.33. The van der Waals surface area contributed by atoms with Gasteiger partial charge in [0.25, 0.3) is 0 Å². The van der Waals surface area contributed by atoms with E-state index in [0.29, 0.717) is 39.4 Å². The Balaban J connectivity index is 1.65. The van der Waals surface area contributed by atoms with E-state index in [1.54, 1.807) is 0 Å². The van der Waals surface area contributed by atoms with Crippen LogP contribution in [0.5, 0.6) is 0 Å². The molecule has 2 heterocycles. The van der Waals surface area contributed by atoms with E-state index in [0.717, 1.165) is 10.2 Å². The maximum Gasteiger partial charge on any atom is 0.310 e. The lowest BCUT2D eigenvalue weighted by Crippen LogP contribution is -2.52. The minimum atomic E-state index is -3.64. The molecule has 1 aromatic carbocycles. The molecule has 0 unspecified atom stereocenters. The summed E-state index contributed by atoms with van der Waals surface area (Å²) in [5, 5.41) is 9.61. The molecule has 2 aliphatic rings. The number of halogens is 1. The number of piperazine rings is 1. The van der Waals surface area contributed by atoms with Crippen LogP contribution in [-0.2, 0) is 19.6 Å². The standard InChI is InChI=1S/C17H23BrN2O5S/c18-14-1-3-15(4-2-14)19-7-9-20(10-8-19)26(23,24)13-17(16(21)22)5-11-25-12-6-17/h1-4H,5-13H2,(H,21,22). The summed E-state index contributed by atoms with van der Waals surface area (Å²) in [6.45, 7) is 2.49. The van der Waals surface area contributed by atoms with E-state index in [2.05, 4.69) is 20.8 Å². The summed E-state index contributed by atoms with van der Waals surface area (Å²) in [6, 6.07) is 7.91. The van der Waals surface area contributed by atoms with Gasteiger partial charge < -0.3 is 14.7 Å². The molecule has 0 spiro atoms. The van der Waals surface area contributed by atoms with Crippen LogP contribution in [-0.4, -0.2) is 68.9 Å². The van der Waals surface area contributed by atoms with Crippen molar-refractivity contribution in [1.29, 1.82) is 0 Å². The summed E-state index contributed by atoms with van der Waals surface area (Å²) >= 11 is 3.41. The zero-order chi connectivity index (χ0) is 18.8. The maximum absolute atomic E-state index is 12.8. The second kappa shape index (κ2) is 7.84. The fraction of sp³-hybridized carbons (Fsp3) is 0.588. The lowest BCUT2D eigenvalue weighted by atomic mass is 9.82. The Morgan fingerprint density at radius 1 is 1.12 bits per heavy atom. The van der Waals surface area contributed by atoms with E-state index in [1.807, 2.05) is 24.3 Å². The number of nitrogens with zero attached hydrogens (tertiary/aromatic N) is 2. The summed E-state index contributed by atoms with van der Waals surface area (Å²) < 4.78 is 33.4. The average Bonchev–Trinajstić information content (AvgIpc) is 2.63. The predicted molar refractivity (Wildman–Crippen MR) is 102 cm³/mol. The Kier molecular flexibility index (Phi) is 5.91. The highest BCUT2D eigenvalue weighted by Gasteiger charge is 2.45. The van der Waals surface area contributed by atoms with Crippen molar-refractivity contribution in [1.82, 2.24) is 4.31 Å². The molecule has 0 bridgehead atoms. The molecule has 2 saturated heterocycles. The number of sulfonamides is 1. The van der Waals surface area contributed by atoms with Gasteiger partial charge in [-0.05, 0) is 37.1 Å². The van der Waals surface area contributed by atoms with Crippen LogP contribution in [0.2, 0.25) is 0 Å². The second-order valence-electron chi connectivity index (χ2n) is 6.82. The second-order valence-corrected chi connectivity index (χ2v) is 9.70. The lowest BCUT2D eigenvalue weighted by molar-refractivity contribution is -0.152. The highest BCUT2D eigenvalue weighted by molar-refractivity contribution is 9.10. The van der Waals surface area contributed by atoms with Crippen LogP contribution in [0, 0.1) is 5.41 Å². The topological polar surface area (TPSA) is 87.1 Å². The van der Waals surface area contributed by atoms with Crippen molar-refractivity contribution in [2.45, 2.75) is 12.8 Å². The van der Waals surface area contributed by atoms with E-state index in [4.69, 9.17) is 4.74 Å². The van der Waals surface area contributed by atoms with Gasteiger partial charge in [0.15, 0.2) is 0 Å². The SMILES string of the molecule is O=C(O)C1(CS(=O)(=O)N2CCN(c3ccc(Br)cc3)CC2)CCOCC1. The van der Waals surface area contributed by atoms with Gasteiger partial charge in [-0.25, -0.2) is 8.42 Å². The van der Waals surface area contributed by atoms with Crippen molar-refractivity contribution in [3.8, 4) is 0 Å². The van der Waals surface area contributed by atoms with E-state index >= 15 is 0 Å². The molecule has 0 atom stereocenters. The van der Waals surface area contributed by atoms with Crippen molar-refractivity contribution >= 4 is 37.6 Å². The molecule has 0 saturated carbocycles. The Labute approximate surface area is 162 Å². The van der Waals surface area contributed by atoms with Crippen molar-refractivity contribution in [3.05, 3.63) is 28.7 Å². The molecule has 2 fully saturated rings. The Morgan fingerprint density at radius 2 is 1.69 bits per heavy atom. The van der Waals surface area contributed by atoms with Crippen LogP contribution in [0.15, 0.2) is 28.7 Å². The van der Waals surface area contributed by atoms with E-state index in [-0.39, 0.29) is 18.6 Å². The van der Waals surface area contributed by atoms with Crippen LogP contribution < -0.4 is 4.90 Å². The molecule has 9 heteroatoms. The van der Waals surface area contributed by atoms with Crippen molar-refractivity contribution in [2.75, 3.05) is 50.0 Å². The van der Waals surface area contributed by atoms with Gasteiger partial charge in [-0.15, -0.1) is 0 Å². The van der Waals surface area contributed by atoms with Gasteiger partial charge in [-0.1, -0.05) is 15.9 Å². The smallest absolute Gasteiger partial charge is 0.310 e. The highest BCUT2D eigenvalue weighted by atomic mass is 79.9. The van der Waals surface area contributed by atoms with E-state index in [1.165, 1.54) is 4.31 Å². The Bertz CT molecular complexity index is 739. The molecular formula is C17H23BrN2O5S. The van der Waals surface area contributed by atoms with Gasteiger partial charge in [0.2, 0.25) is 10.0 Å². The fourth-order valence-corrected chi connectivity index (χ4v) is 5.78. The molecular weight excluding hydrogens is 424 g/mol. The monoisotopic (exact) mass is 446 g/mol.